The quantitative estimate of drug-likeness (QED) is 0.417. The minimum Gasteiger partial charge on any atom is -0.0874 e. The van der Waals surface area contributed by atoms with Crippen LogP contribution in [0.5, 0.6) is 0 Å². The molecule has 15 heavy (non-hydrogen) atoms. The lowest BCUT2D eigenvalue weighted by molar-refractivity contribution is 0.668. The lowest BCUT2D eigenvalue weighted by atomic mass is 9.97. The molecule has 0 aromatic heterocycles. The molecule has 0 saturated carbocycles. The van der Waals surface area contributed by atoms with Crippen LogP contribution in [0.1, 0.15) is 47.5 Å². The fourth-order valence-electron chi connectivity index (χ4n) is 1.42. The van der Waals surface area contributed by atoms with Crippen LogP contribution in [0.25, 0.3) is 0 Å². The van der Waals surface area contributed by atoms with E-state index in [1.165, 1.54) is 12.0 Å². The maximum Gasteiger partial charge on any atom is -0.0163 e. The Bertz CT molecular complexity index is 228. The summed E-state index contributed by atoms with van der Waals surface area (Å²) in [5.41, 5.74) is 1.47. The first-order valence-electron chi connectivity index (χ1n) is 6.11. The summed E-state index contributed by atoms with van der Waals surface area (Å²) in [4.78, 5) is 0. The van der Waals surface area contributed by atoms with Gasteiger partial charge in [0.1, 0.15) is 0 Å². The molecule has 0 fully saturated rings. The van der Waals surface area contributed by atoms with E-state index in [-0.39, 0.29) is 0 Å². The van der Waals surface area contributed by atoms with E-state index < -0.39 is 0 Å². The van der Waals surface area contributed by atoms with Crippen LogP contribution in [-0.2, 0) is 0 Å². The average molecular weight is 206 g/mol. The van der Waals surface area contributed by atoms with Gasteiger partial charge in [0.05, 0.1) is 0 Å². The Hall–Kier alpha value is -0.780. The molecular formula is C15H26. The van der Waals surface area contributed by atoms with Crippen molar-refractivity contribution < 1.29 is 0 Å². The van der Waals surface area contributed by atoms with Crippen LogP contribution in [0, 0.1) is 11.8 Å². The Kier molecular flexibility index (Phi) is 8.08. The number of hydrogen-bond donors (Lipinski definition) is 0. The first kappa shape index (κ1) is 14.2. The smallest absolute Gasteiger partial charge is 0.0163 e. The summed E-state index contributed by atoms with van der Waals surface area (Å²) in [7, 11) is 0. The van der Waals surface area contributed by atoms with Crippen LogP contribution < -0.4 is 0 Å². The second kappa shape index (κ2) is 8.52. The van der Waals surface area contributed by atoms with E-state index in [4.69, 9.17) is 0 Å². The third-order valence-electron chi connectivity index (χ3n) is 2.55. The van der Waals surface area contributed by atoms with Gasteiger partial charge in [-0.05, 0) is 37.2 Å². The molecule has 0 N–H and O–H groups in total. The van der Waals surface area contributed by atoms with Crippen molar-refractivity contribution in [3.8, 4) is 0 Å². The molecule has 0 bridgehead atoms. The Morgan fingerprint density at radius 2 is 1.87 bits per heavy atom. The number of allylic oxidation sites excluding steroid dienone is 6. The van der Waals surface area contributed by atoms with Crippen LogP contribution in [-0.4, -0.2) is 0 Å². The summed E-state index contributed by atoms with van der Waals surface area (Å²) < 4.78 is 0. The Morgan fingerprint density at radius 3 is 2.33 bits per heavy atom. The Morgan fingerprint density at radius 1 is 1.20 bits per heavy atom. The van der Waals surface area contributed by atoms with Gasteiger partial charge in [-0.2, -0.15) is 0 Å². The molecule has 0 aromatic carbocycles. The maximum absolute atomic E-state index is 2.34. The highest BCUT2D eigenvalue weighted by Gasteiger charge is 2.01. The molecule has 0 nitrogen and oxygen atoms in total. The van der Waals surface area contributed by atoms with Crippen molar-refractivity contribution >= 4 is 0 Å². The molecule has 0 heteroatoms. The van der Waals surface area contributed by atoms with Crippen molar-refractivity contribution in [2.45, 2.75) is 47.5 Å². The van der Waals surface area contributed by atoms with Crippen molar-refractivity contribution in [3.05, 3.63) is 36.0 Å². The Labute approximate surface area is 95.8 Å². The molecule has 1 unspecified atom stereocenters. The summed E-state index contributed by atoms with van der Waals surface area (Å²) in [6.07, 6.45) is 13.5. The van der Waals surface area contributed by atoms with Gasteiger partial charge in [0.15, 0.2) is 0 Å². The summed E-state index contributed by atoms with van der Waals surface area (Å²) in [5, 5.41) is 0. The summed E-state index contributed by atoms with van der Waals surface area (Å²) >= 11 is 0. The highest BCUT2D eigenvalue weighted by atomic mass is 14.1. The van der Waals surface area contributed by atoms with Crippen LogP contribution in [0.3, 0.4) is 0 Å². The van der Waals surface area contributed by atoms with Gasteiger partial charge in [-0.1, -0.05) is 58.1 Å². The largest absolute Gasteiger partial charge is 0.0874 e. The molecule has 0 saturated heterocycles. The lowest BCUT2D eigenvalue weighted by Crippen LogP contribution is -1.94. The van der Waals surface area contributed by atoms with Crippen LogP contribution >= 0.6 is 0 Å². The molecular weight excluding hydrogens is 180 g/mol. The monoisotopic (exact) mass is 206 g/mol. The van der Waals surface area contributed by atoms with E-state index in [2.05, 4.69) is 65.0 Å². The van der Waals surface area contributed by atoms with Gasteiger partial charge < -0.3 is 0 Å². The van der Waals surface area contributed by atoms with Gasteiger partial charge in [-0.15, -0.1) is 0 Å². The van der Waals surface area contributed by atoms with E-state index in [1.807, 2.05) is 0 Å². The molecule has 0 aliphatic heterocycles. The molecule has 0 spiro atoms. The third kappa shape index (κ3) is 7.18. The second-order valence-corrected chi connectivity index (χ2v) is 4.42. The fourth-order valence-corrected chi connectivity index (χ4v) is 1.42. The number of rotatable bonds is 6. The molecule has 0 aliphatic rings. The van der Waals surface area contributed by atoms with E-state index in [1.54, 1.807) is 0 Å². The molecule has 86 valence electrons. The van der Waals surface area contributed by atoms with E-state index in [0.717, 1.165) is 6.42 Å². The number of hydrogen-bond acceptors (Lipinski definition) is 0. The molecule has 0 aliphatic carbocycles. The van der Waals surface area contributed by atoms with Crippen LogP contribution in [0.4, 0.5) is 0 Å². The first-order chi connectivity index (χ1) is 7.11. The third-order valence-corrected chi connectivity index (χ3v) is 2.55. The summed E-state index contributed by atoms with van der Waals surface area (Å²) in [5.74, 6) is 1.33. The molecule has 0 amide bonds. The molecule has 0 rings (SSSR count). The zero-order valence-electron chi connectivity index (χ0n) is 11.0. The fraction of sp³-hybridized carbons (Fsp3) is 0.600. The topological polar surface area (TPSA) is 0 Å². The normalized spacial score (nSPS) is 15.7. The molecule has 1 atom stereocenters. The van der Waals surface area contributed by atoms with Gasteiger partial charge >= 0.3 is 0 Å². The molecule has 0 heterocycles. The zero-order chi connectivity index (χ0) is 11.7. The highest BCUT2D eigenvalue weighted by Crippen LogP contribution is 2.16. The van der Waals surface area contributed by atoms with E-state index in [0.29, 0.717) is 11.8 Å². The predicted molar refractivity (Wildman–Crippen MR) is 70.9 cm³/mol. The summed E-state index contributed by atoms with van der Waals surface area (Å²) in [6.45, 7) is 11.0. The van der Waals surface area contributed by atoms with Gasteiger partial charge in [0.2, 0.25) is 0 Å². The van der Waals surface area contributed by atoms with Crippen LogP contribution in [0.2, 0.25) is 0 Å². The van der Waals surface area contributed by atoms with E-state index in [9.17, 15) is 0 Å². The van der Waals surface area contributed by atoms with Crippen molar-refractivity contribution in [3.63, 3.8) is 0 Å². The van der Waals surface area contributed by atoms with Crippen LogP contribution in [0.15, 0.2) is 36.0 Å². The van der Waals surface area contributed by atoms with Gasteiger partial charge in [-0.25, -0.2) is 0 Å². The zero-order valence-corrected chi connectivity index (χ0v) is 11.0. The standard InChI is InChI=1S/C15H26/c1-6-10-15(14(5)7-2)12-9-8-11-13(3)4/h6,8,10-14H,7,9H2,1-5H3. The lowest BCUT2D eigenvalue weighted by Gasteiger charge is -2.09. The SMILES string of the molecule is CC=CC(=CCC=CC(C)C)C(C)CC. The van der Waals surface area contributed by atoms with Crippen molar-refractivity contribution in [1.29, 1.82) is 0 Å². The second-order valence-electron chi connectivity index (χ2n) is 4.42. The average Bonchev–Trinajstić information content (AvgIpc) is 2.21. The highest BCUT2D eigenvalue weighted by molar-refractivity contribution is 5.21. The summed E-state index contributed by atoms with van der Waals surface area (Å²) in [6, 6.07) is 0. The Balaban J connectivity index is 4.30. The first-order valence-corrected chi connectivity index (χ1v) is 6.11. The van der Waals surface area contributed by atoms with E-state index >= 15 is 0 Å². The van der Waals surface area contributed by atoms with Gasteiger partial charge in [-0.3, -0.25) is 0 Å². The molecule has 0 aromatic rings. The minimum atomic E-state index is 0.659. The van der Waals surface area contributed by atoms with Crippen molar-refractivity contribution in [1.82, 2.24) is 0 Å². The minimum absolute atomic E-state index is 0.659. The van der Waals surface area contributed by atoms with Crippen molar-refractivity contribution in [2.75, 3.05) is 0 Å². The van der Waals surface area contributed by atoms with Gasteiger partial charge in [0.25, 0.3) is 0 Å². The molecule has 0 radical (unpaired) electrons. The van der Waals surface area contributed by atoms with Gasteiger partial charge in [0, 0.05) is 0 Å². The van der Waals surface area contributed by atoms with Crippen molar-refractivity contribution in [2.24, 2.45) is 11.8 Å². The maximum atomic E-state index is 2.34. The predicted octanol–water partition coefficient (Wildman–Crippen LogP) is 5.14.